The van der Waals surface area contributed by atoms with Crippen molar-refractivity contribution in [1.82, 2.24) is 5.32 Å². The van der Waals surface area contributed by atoms with Gasteiger partial charge in [-0.2, -0.15) is 0 Å². The number of hydrogen-bond acceptors (Lipinski definition) is 6. The van der Waals surface area contributed by atoms with Crippen LogP contribution in [-0.2, 0) is 9.53 Å². The van der Waals surface area contributed by atoms with Crippen LogP contribution < -0.4 is 20.5 Å². The Hall–Kier alpha value is -1.95. The smallest absolute Gasteiger partial charge is 0.349 e. The largest absolute Gasteiger partial charge is 0.493 e. The van der Waals surface area contributed by atoms with Crippen LogP contribution in [0, 0.1) is 0 Å². The van der Waals surface area contributed by atoms with Crippen LogP contribution in [0.25, 0.3) is 0 Å². The maximum atomic E-state index is 12.6. The van der Waals surface area contributed by atoms with Crippen molar-refractivity contribution < 1.29 is 19.0 Å². The van der Waals surface area contributed by atoms with Crippen molar-refractivity contribution in [2.24, 2.45) is 0 Å². The minimum Gasteiger partial charge on any atom is -0.493 e. The number of benzene rings is 1. The molecule has 6 nitrogen and oxygen atoms in total. The second-order valence-corrected chi connectivity index (χ2v) is 6.69. The van der Waals surface area contributed by atoms with Crippen molar-refractivity contribution in [3.8, 4) is 11.5 Å². The van der Waals surface area contributed by atoms with Crippen LogP contribution in [0.1, 0.15) is 33.6 Å². The summed E-state index contributed by atoms with van der Waals surface area (Å²) in [6, 6.07) is 5.02. The van der Waals surface area contributed by atoms with E-state index in [4.69, 9.17) is 19.9 Å². The Morgan fingerprint density at radius 1 is 1.35 bits per heavy atom. The summed E-state index contributed by atoms with van der Waals surface area (Å²) in [4.78, 5) is 12.6. The van der Waals surface area contributed by atoms with E-state index in [1.165, 1.54) is 0 Å². The van der Waals surface area contributed by atoms with E-state index < -0.39 is 11.7 Å². The third-order valence-electron chi connectivity index (χ3n) is 3.54. The zero-order valence-electron chi connectivity index (χ0n) is 14.2. The van der Waals surface area contributed by atoms with E-state index in [1.54, 1.807) is 25.3 Å². The standard InChI is InChI=1S/C17H26N2O4/c1-17(2,3)23-16(20)15(12-6-5-9-19-12)22-14-10-11(18)7-8-13(14)21-4/h7-8,10,12,15,19H,5-6,9,18H2,1-4H3. The lowest BCUT2D eigenvalue weighted by Crippen LogP contribution is -2.47. The zero-order chi connectivity index (χ0) is 17.0. The Morgan fingerprint density at radius 2 is 2.09 bits per heavy atom. The van der Waals surface area contributed by atoms with E-state index in [1.807, 2.05) is 20.8 Å². The van der Waals surface area contributed by atoms with Crippen molar-refractivity contribution in [2.45, 2.75) is 51.4 Å². The van der Waals surface area contributed by atoms with Gasteiger partial charge in [-0.1, -0.05) is 0 Å². The van der Waals surface area contributed by atoms with Gasteiger partial charge in [-0.3, -0.25) is 0 Å². The molecule has 2 unspecified atom stereocenters. The highest BCUT2D eigenvalue weighted by atomic mass is 16.6. The molecule has 0 radical (unpaired) electrons. The summed E-state index contributed by atoms with van der Waals surface area (Å²) in [5.41, 5.74) is 5.79. The minimum absolute atomic E-state index is 0.0870. The van der Waals surface area contributed by atoms with Crippen LogP contribution in [0.4, 0.5) is 5.69 Å². The first-order chi connectivity index (χ1) is 10.8. The second kappa shape index (κ2) is 7.08. The van der Waals surface area contributed by atoms with Gasteiger partial charge in [0.1, 0.15) is 5.60 Å². The van der Waals surface area contributed by atoms with Crippen LogP contribution in [0.15, 0.2) is 18.2 Å². The lowest BCUT2D eigenvalue weighted by molar-refractivity contribution is -0.164. The maximum absolute atomic E-state index is 12.6. The third-order valence-corrected chi connectivity index (χ3v) is 3.54. The summed E-state index contributed by atoms with van der Waals surface area (Å²) >= 11 is 0. The molecule has 128 valence electrons. The highest BCUT2D eigenvalue weighted by Crippen LogP contribution is 2.31. The van der Waals surface area contributed by atoms with Crippen molar-refractivity contribution in [1.29, 1.82) is 0 Å². The van der Waals surface area contributed by atoms with Crippen LogP contribution >= 0.6 is 0 Å². The lowest BCUT2D eigenvalue weighted by atomic mass is 10.1. The molecule has 1 heterocycles. The Kier molecular flexibility index (Phi) is 5.36. The Morgan fingerprint density at radius 3 is 2.65 bits per heavy atom. The Bertz CT molecular complexity index is 548. The predicted octanol–water partition coefficient (Wildman–Crippen LogP) is 2.12. The fourth-order valence-electron chi connectivity index (χ4n) is 2.55. The highest BCUT2D eigenvalue weighted by molar-refractivity contribution is 5.77. The first-order valence-electron chi connectivity index (χ1n) is 7.86. The topological polar surface area (TPSA) is 82.8 Å². The van der Waals surface area contributed by atoms with Gasteiger partial charge >= 0.3 is 5.97 Å². The lowest BCUT2D eigenvalue weighted by Gasteiger charge is -2.28. The van der Waals surface area contributed by atoms with E-state index in [9.17, 15) is 4.79 Å². The van der Waals surface area contributed by atoms with Crippen molar-refractivity contribution in [2.75, 3.05) is 19.4 Å². The molecule has 3 N–H and O–H groups in total. The van der Waals surface area contributed by atoms with Crippen LogP contribution in [0.3, 0.4) is 0 Å². The number of carbonyl (C=O) groups excluding carboxylic acids is 1. The SMILES string of the molecule is COc1ccc(N)cc1OC(C(=O)OC(C)(C)C)C1CCCN1. The number of nitrogens with one attached hydrogen (secondary N) is 1. The molecule has 2 rings (SSSR count). The summed E-state index contributed by atoms with van der Waals surface area (Å²) in [7, 11) is 1.55. The van der Waals surface area contributed by atoms with Crippen LogP contribution in [0.5, 0.6) is 11.5 Å². The quantitative estimate of drug-likeness (QED) is 0.638. The molecular formula is C17H26N2O4. The molecule has 1 fully saturated rings. The maximum Gasteiger partial charge on any atom is 0.349 e. The summed E-state index contributed by atoms with van der Waals surface area (Å²) in [5, 5.41) is 3.30. The number of hydrogen-bond donors (Lipinski definition) is 2. The van der Waals surface area contributed by atoms with Crippen molar-refractivity contribution in [3.05, 3.63) is 18.2 Å². The van der Waals surface area contributed by atoms with Gasteiger partial charge < -0.3 is 25.3 Å². The zero-order valence-corrected chi connectivity index (χ0v) is 14.2. The number of methoxy groups -OCH3 is 1. The van der Waals surface area contributed by atoms with Gasteiger partial charge in [0.05, 0.1) is 13.2 Å². The monoisotopic (exact) mass is 322 g/mol. The number of esters is 1. The van der Waals surface area contributed by atoms with Gasteiger partial charge in [-0.25, -0.2) is 4.79 Å². The number of ether oxygens (including phenoxy) is 3. The molecule has 0 amide bonds. The molecule has 6 heteroatoms. The van der Waals surface area contributed by atoms with Crippen LogP contribution in [-0.4, -0.2) is 37.4 Å². The fourth-order valence-corrected chi connectivity index (χ4v) is 2.55. The third kappa shape index (κ3) is 4.76. The van der Waals surface area contributed by atoms with Crippen molar-refractivity contribution in [3.63, 3.8) is 0 Å². The summed E-state index contributed by atoms with van der Waals surface area (Å²) in [6.07, 6.45) is 1.11. The molecule has 2 atom stereocenters. The van der Waals surface area contributed by atoms with E-state index in [2.05, 4.69) is 5.32 Å². The molecule has 1 aliphatic heterocycles. The molecule has 0 aliphatic carbocycles. The molecule has 0 saturated carbocycles. The van der Waals surface area contributed by atoms with Gasteiger partial charge in [0, 0.05) is 11.8 Å². The number of carbonyl (C=O) groups is 1. The van der Waals surface area contributed by atoms with Gasteiger partial charge in [0.25, 0.3) is 0 Å². The van der Waals surface area contributed by atoms with E-state index in [-0.39, 0.29) is 12.0 Å². The van der Waals surface area contributed by atoms with E-state index in [0.717, 1.165) is 19.4 Å². The summed E-state index contributed by atoms with van der Waals surface area (Å²) in [6.45, 7) is 6.38. The Labute approximate surface area is 137 Å². The fraction of sp³-hybridized carbons (Fsp3) is 0.588. The van der Waals surface area contributed by atoms with E-state index in [0.29, 0.717) is 17.2 Å². The molecule has 0 aromatic heterocycles. The Balaban J connectivity index is 2.24. The molecule has 1 saturated heterocycles. The molecule has 1 aliphatic rings. The molecule has 23 heavy (non-hydrogen) atoms. The molecule has 1 aromatic carbocycles. The average Bonchev–Trinajstić information content (AvgIpc) is 2.96. The molecule has 0 bridgehead atoms. The summed E-state index contributed by atoms with van der Waals surface area (Å²) < 4.78 is 16.8. The number of anilines is 1. The van der Waals surface area contributed by atoms with E-state index >= 15 is 0 Å². The first-order valence-corrected chi connectivity index (χ1v) is 7.86. The molecular weight excluding hydrogens is 296 g/mol. The number of rotatable bonds is 5. The summed E-state index contributed by atoms with van der Waals surface area (Å²) in [5.74, 6) is 0.587. The number of nitrogens with two attached hydrogens (primary N) is 1. The molecule has 0 spiro atoms. The van der Waals surface area contributed by atoms with Gasteiger partial charge in [-0.15, -0.1) is 0 Å². The first kappa shape index (κ1) is 17.4. The van der Waals surface area contributed by atoms with Crippen LogP contribution in [0.2, 0.25) is 0 Å². The normalized spacial score (nSPS) is 19.2. The molecule has 1 aromatic rings. The van der Waals surface area contributed by atoms with Gasteiger partial charge in [0.15, 0.2) is 11.5 Å². The second-order valence-electron chi connectivity index (χ2n) is 6.69. The highest BCUT2D eigenvalue weighted by Gasteiger charge is 2.36. The van der Waals surface area contributed by atoms with Gasteiger partial charge in [0.2, 0.25) is 6.10 Å². The van der Waals surface area contributed by atoms with Gasteiger partial charge in [-0.05, 0) is 52.3 Å². The average molecular weight is 322 g/mol. The predicted molar refractivity (Wildman–Crippen MR) is 88.7 cm³/mol. The van der Waals surface area contributed by atoms with Crippen molar-refractivity contribution >= 4 is 11.7 Å². The minimum atomic E-state index is -0.743. The number of nitrogen functional groups attached to an aromatic ring is 1.